The number of carbonyl (C=O) groups excluding carboxylic acids is 1. The van der Waals surface area contributed by atoms with Gasteiger partial charge in [0, 0.05) is 11.1 Å². The van der Waals surface area contributed by atoms with E-state index in [1.807, 2.05) is 30.3 Å². The molecule has 3 aromatic carbocycles. The van der Waals surface area contributed by atoms with Gasteiger partial charge in [0.2, 0.25) is 5.55 Å². The molecular weight excluding hydrogens is 474 g/mol. The average molecular weight is 504 g/mol. The van der Waals surface area contributed by atoms with Gasteiger partial charge < -0.3 is 9.73 Å². The molecule has 4 rings (SSSR count). The lowest BCUT2D eigenvalue weighted by Crippen LogP contribution is -2.27. The van der Waals surface area contributed by atoms with Crippen LogP contribution in [0.25, 0.3) is 11.0 Å². The molecule has 4 aromatic rings. The van der Waals surface area contributed by atoms with Gasteiger partial charge in [-0.25, -0.2) is 0 Å². The number of amides is 1. The number of hydrogen-bond acceptors (Lipinski definition) is 5. The summed E-state index contributed by atoms with van der Waals surface area (Å²) in [5.74, 6) is -0.471. The molecule has 2 N–H and O–H groups in total. The van der Waals surface area contributed by atoms with Gasteiger partial charge in [0.25, 0.3) is 15.9 Å². The molecule has 0 atom stereocenters. The van der Waals surface area contributed by atoms with Crippen molar-refractivity contribution in [3.63, 3.8) is 0 Å². The summed E-state index contributed by atoms with van der Waals surface area (Å²) in [4.78, 5) is 15.4. The van der Waals surface area contributed by atoms with Crippen LogP contribution < -0.4 is 15.7 Å². The van der Waals surface area contributed by atoms with Crippen molar-refractivity contribution in [2.24, 2.45) is 5.10 Å². The molecule has 1 aromatic heterocycles. The van der Waals surface area contributed by atoms with Gasteiger partial charge in [0.1, 0.15) is 11.1 Å². The Kier molecular flexibility index (Phi) is 6.99. The minimum absolute atomic E-state index is 0.0575. The molecule has 0 saturated carbocycles. The van der Waals surface area contributed by atoms with Crippen molar-refractivity contribution in [1.82, 2.24) is 4.83 Å². The monoisotopic (exact) mass is 503 g/mol. The molecule has 0 fully saturated rings. The number of hydrogen-bond donors (Lipinski definition) is 2. The molecule has 7 nitrogen and oxygen atoms in total. The summed E-state index contributed by atoms with van der Waals surface area (Å²) in [6.45, 7) is 8.21. The Labute approximate surface area is 210 Å². The lowest BCUT2D eigenvalue weighted by atomic mass is 9.87. The number of benzene rings is 3. The zero-order chi connectivity index (χ0) is 25.9. The van der Waals surface area contributed by atoms with Crippen molar-refractivity contribution in [3.05, 3.63) is 101 Å². The average Bonchev–Trinajstić information content (AvgIpc) is 2.87. The first-order valence-electron chi connectivity index (χ1n) is 11.7. The zero-order valence-corrected chi connectivity index (χ0v) is 21.5. The van der Waals surface area contributed by atoms with Crippen molar-refractivity contribution in [3.8, 4) is 0 Å². The van der Waals surface area contributed by atoms with Crippen LogP contribution in [0.1, 0.15) is 49.2 Å². The lowest BCUT2D eigenvalue weighted by Gasteiger charge is -2.19. The SMILES string of the molecule is CCc1ccc(NC(=O)c2cc3ccccc3o/c2=N\NS(=O)(=O)c2ccc(C(C)(C)C)cc2)cc1. The van der Waals surface area contributed by atoms with E-state index in [9.17, 15) is 13.2 Å². The second-order valence-electron chi connectivity index (χ2n) is 9.49. The minimum atomic E-state index is -3.99. The summed E-state index contributed by atoms with van der Waals surface area (Å²) >= 11 is 0. The Morgan fingerprint density at radius 1 is 0.944 bits per heavy atom. The van der Waals surface area contributed by atoms with E-state index in [0.29, 0.717) is 16.7 Å². The number of fused-ring (bicyclic) bond motifs is 1. The third kappa shape index (κ3) is 5.66. The van der Waals surface area contributed by atoms with Gasteiger partial charge in [-0.2, -0.15) is 13.2 Å². The van der Waals surface area contributed by atoms with E-state index in [0.717, 1.165) is 17.5 Å². The molecule has 1 heterocycles. The van der Waals surface area contributed by atoms with Crippen molar-refractivity contribution in [1.29, 1.82) is 0 Å². The Balaban J connectivity index is 1.69. The van der Waals surface area contributed by atoms with E-state index >= 15 is 0 Å². The van der Waals surface area contributed by atoms with Gasteiger partial charge >= 0.3 is 0 Å². The smallest absolute Gasteiger partial charge is 0.276 e. The fraction of sp³-hybridized carbons (Fsp3) is 0.214. The van der Waals surface area contributed by atoms with Crippen LogP contribution in [0.2, 0.25) is 0 Å². The predicted molar refractivity (Wildman–Crippen MR) is 141 cm³/mol. The molecule has 36 heavy (non-hydrogen) atoms. The van der Waals surface area contributed by atoms with Crippen LogP contribution in [0.3, 0.4) is 0 Å². The van der Waals surface area contributed by atoms with Crippen LogP contribution in [0.15, 0.2) is 93.3 Å². The van der Waals surface area contributed by atoms with Gasteiger partial charge in [0.15, 0.2) is 0 Å². The van der Waals surface area contributed by atoms with E-state index in [1.54, 1.807) is 36.4 Å². The molecule has 0 aliphatic heterocycles. The summed E-state index contributed by atoms with van der Waals surface area (Å²) in [7, 11) is -3.99. The molecule has 0 aliphatic carbocycles. The molecule has 186 valence electrons. The fourth-order valence-electron chi connectivity index (χ4n) is 3.63. The standard InChI is InChI=1S/C28H29N3O4S/c1-5-19-10-14-22(15-11-19)29-26(32)24-18-20-8-6-7-9-25(20)35-27(24)30-31-36(33,34)23-16-12-21(13-17-23)28(2,3)4/h6-18,31H,5H2,1-4H3,(H,29,32)/b30-27-. The number of anilines is 1. The van der Waals surface area contributed by atoms with Crippen LogP contribution in [0, 0.1) is 0 Å². The van der Waals surface area contributed by atoms with E-state index in [1.165, 1.54) is 12.1 Å². The predicted octanol–water partition coefficient (Wildman–Crippen LogP) is 5.34. The first kappa shape index (κ1) is 25.2. The Hall–Kier alpha value is -3.91. The lowest BCUT2D eigenvalue weighted by molar-refractivity contribution is 0.102. The zero-order valence-electron chi connectivity index (χ0n) is 20.7. The minimum Gasteiger partial charge on any atom is -0.436 e. The van der Waals surface area contributed by atoms with Gasteiger partial charge in [-0.3, -0.25) is 4.79 Å². The summed E-state index contributed by atoms with van der Waals surface area (Å²) in [5.41, 5.74) is 3.07. The normalized spacial score (nSPS) is 12.5. The Morgan fingerprint density at radius 3 is 2.25 bits per heavy atom. The molecule has 0 aliphatic rings. The maximum Gasteiger partial charge on any atom is 0.276 e. The second kappa shape index (κ2) is 9.99. The summed E-state index contributed by atoms with van der Waals surface area (Å²) in [5, 5.41) is 7.51. The number of sulfonamides is 1. The third-order valence-corrected chi connectivity index (χ3v) is 7.04. The molecule has 0 spiro atoms. The highest BCUT2D eigenvalue weighted by Crippen LogP contribution is 2.23. The number of para-hydroxylation sites is 1. The van der Waals surface area contributed by atoms with Crippen LogP contribution in [0.5, 0.6) is 0 Å². The highest BCUT2D eigenvalue weighted by Gasteiger charge is 2.18. The van der Waals surface area contributed by atoms with Gasteiger partial charge in [0.05, 0.1) is 4.90 Å². The number of nitrogens with zero attached hydrogens (tertiary/aromatic N) is 1. The van der Waals surface area contributed by atoms with E-state index in [2.05, 4.69) is 42.9 Å². The van der Waals surface area contributed by atoms with Gasteiger partial charge in [-0.15, -0.1) is 5.10 Å². The van der Waals surface area contributed by atoms with Crippen LogP contribution in [-0.2, 0) is 21.9 Å². The topological polar surface area (TPSA) is 101 Å². The van der Waals surface area contributed by atoms with Gasteiger partial charge in [-0.1, -0.05) is 70.2 Å². The van der Waals surface area contributed by atoms with E-state index < -0.39 is 15.9 Å². The number of nitrogens with one attached hydrogen (secondary N) is 2. The largest absolute Gasteiger partial charge is 0.436 e. The first-order chi connectivity index (χ1) is 17.1. The summed E-state index contributed by atoms with van der Waals surface area (Å²) < 4.78 is 31.7. The maximum absolute atomic E-state index is 13.2. The second-order valence-corrected chi connectivity index (χ2v) is 11.1. The molecule has 8 heteroatoms. The van der Waals surface area contributed by atoms with Crippen LogP contribution in [0.4, 0.5) is 5.69 Å². The number of carbonyl (C=O) groups is 1. The molecule has 0 unspecified atom stereocenters. The third-order valence-electron chi connectivity index (χ3n) is 5.82. The van der Waals surface area contributed by atoms with Gasteiger partial charge in [-0.05, 0) is 59.4 Å². The first-order valence-corrected chi connectivity index (χ1v) is 13.1. The quantitative estimate of drug-likeness (QED) is 0.347. The summed E-state index contributed by atoms with van der Waals surface area (Å²) in [6.07, 6.45) is 0.889. The van der Waals surface area contributed by atoms with Crippen LogP contribution >= 0.6 is 0 Å². The molecule has 0 radical (unpaired) electrons. The molecule has 0 bridgehead atoms. The Bertz CT molecular complexity index is 1560. The number of aryl methyl sites for hydroxylation is 1. The van der Waals surface area contributed by atoms with E-state index in [4.69, 9.17) is 4.42 Å². The highest BCUT2D eigenvalue weighted by atomic mass is 32.2. The summed E-state index contributed by atoms with van der Waals surface area (Å²) in [6, 6.07) is 22.9. The van der Waals surface area contributed by atoms with Crippen molar-refractivity contribution >= 4 is 32.6 Å². The number of rotatable bonds is 6. The molecule has 0 saturated heterocycles. The fourth-order valence-corrected chi connectivity index (χ4v) is 4.43. The Morgan fingerprint density at radius 2 is 1.61 bits per heavy atom. The van der Waals surface area contributed by atoms with E-state index in [-0.39, 0.29) is 21.4 Å². The van der Waals surface area contributed by atoms with Crippen molar-refractivity contribution in [2.45, 2.75) is 44.4 Å². The van der Waals surface area contributed by atoms with Crippen molar-refractivity contribution in [2.75, 3.05) is 5.32 Å². The van der Waals surface area contributed by atoms with Crippen molar-refractivity contribution < 1.29 is 17.6 Å². The molecular formula is C28H29N3O4S. The van der Waals surface area contributed by atoms with Crippen LogP contribution in [-0.4, -0.2) is 14.3 Å². The maximum atomic E-state index is 13.2. The highest BCUT2D eigenvalue weighted by molar-refractivity contribution is 7.89. The molecule has 1 amide bonds.